The van der Waals surface area contributed by atoms with Crippen molar-refractivity contribution in [3.63, 3.8) is 0 Å². The summed E-state index contributed by atoms with van der Waals surface area (Å²) < 4.78 is 1.82. The van der Waals surface area contributed by atoms with Crippen molar-refractivity contribution in [2.24, 2.45) is 17.6 Å². The molecule has 1 aromatic rings. The van der Waals surface area contributed by atoms with Gasteiger partial charge in [0, 0.05) is 19.0 Å². The molecule has 0 bridgehead atoms. The van der Waals surface area contributed by atoms with Crippen molar-refractivity contribution in [1.82, 2.24) is 14.8 Å². The van der Waals surface area contributed by atoms with Crippen LogP contribution in [0, 0.1) is 11.8 Å². The van der Waals surface area contributed by atoms with Gasteiger partial charge in [0.15, 0.2) is 0 Å². The highest BCUT2D eigenvalue weighted by molar-refractivity contribution is 5.82. The van der Waals surface area contributed by atoms with Gasteiger partial charge in [-0.2, -0.15) is 5.10 Å². The SMILES string of the molecule is CCCC(CN)C(=O)Cc1ncnn1CC(C)C. The molecule has 18 heavy (non-hydrogen) atoms. The van der Waals surface area contributed by atoms with Gasteiger partial charge in [-0.25, -0.2) is 9.67 Å². The Kier molecular flexibility index (Phi) is 5.98. The number of Topliss-reactive ketones (excluding diaryl/α,β-unsaturated/α-hetero) is 1. The highest BCUT2D eigenvalue weighted by Gasteiger charge is 2.18. The Bertz CT molecular complexity index is 373. The van der Waals surface area contributed by atoms with E-state index in [4.69, 9.17) is 5.73 Å². The zero-order valence-electron chi connectivity index (χ0n) is 11.6. The average Bonchev–Trinajstić information content (AvgIpc) is 2.72. The molecule has 5 heteroatoms. The number of hydrogen-bond acceptors (Lipinski definition) is 4. The lowest BCUT2D eigenvalue weighted by atomic mass is 9.96. The van der Waals surface area contributed by atoms with Crippen LogP contribution in [0.4, 0.5) is 0 Å². The van der Waals surface area contributed by atoms with E-state index in [-0.39, 0.29) is 11.7 Å². The maximum atomic E-state index is 12.1. The predicted molar refractivity (Wildman–Crippen MR) is 71.0 cm³/mol. The Morgan fingerprint density at radius 3 is 2.78 bits per heavy atom. The van der Waals surface area contributed by atoms with Crippen LogP contribution in [0.5, 0.6) is 0 Å². The van der Waals surface area contributed by atoms with E-state index in [0.717, 1.165) is 25.2 Å². The predicted octanol–water partition coefficient (Wildman–Crippen LogP) is 1.42. The summed E-state index contributed by atoms with van der Waals surface area (Å²) in [5, 5.41) is 4.16. The molecular weight excluding hydrogens is 228 g/mol. The Morgan fingerprint density at radius 1 is 1.50 bits per heavy atom. The molecule has 0 aliphatic rings. The molecule has 102 valence electrons. The molecule has 0 aromatic carbocycles. The van der Waals surface area contributed by atoms with Crippen molar-refractivity contribution < 1.29 is 4.79 Å². The highest BCUT2D eigenvalue weighted by Crippen LogP contribution is 2.10. The molecule has 2 N–H and O–H groups in total. The summed E-state index contributed by atoms with van der Waals surface area (Å²) in [5.41, 5.74) is 5.64. The molecule has 0 saturated carbocycles. The first kappa shape index (κ1) is 14.8. The van der Waals surface area contributed by atoms with Crippen LogP contribution in [0.15, 0.2) is 6.33 Å². The molecular formula is C13H24N4O. The summed E-state index contributed by atoms with van der Waals surface area (Å²) in [5.74, 6) is 1.38. The molecule has 1 unspecified atom stereocenters. The van der Waals surface area contributed by atoms with Gasteiger partial charge in [-0.3, -0.25) is 4.79 Å². The number of aromatic nitrogens is 3. The van der Waals surface area contributed by atoms with E-state index in [1.54, 1.807) is 0 Å². The number of hydrogen-bond donors (Lipinski definition) is 1. The molecule has 1 heterocycles. The normalized spacial score (nSPS) is 12.9. The van der Waals surface area contributed by atoms with Crippen molar-refractivity contribution in [1.29, 1.82) is 0 Å². The first-order chi connectivity index (χ1) is 8.58. The van der Waals surface area contributed by atoms with Crippen molar-refractivity contribution in [2.45, 2.75) is 46.6 Å². The Morgan fingerprint density at radius 2 is 2.22 bits per heavy atom. The first-order valence-electron chi connectivity index (χ1n) is 6.67. The number of nitrogens with zero attached hydrogens (tertiary/aromatic N) is 3. The van der Waals surface area contributed by atoms with Gasteiger partial charge in [0.1, 0.15) is 17.9 Å². The van der Waals surface area contributed by atoms with Gasteiger partial charge in [-0.15, -0.1) is 0 Å². The van der Waals surface area contributed by atoms with Crippen LogP contribution in [-0.4, -0.2) is 27.1 Å². The smallest absolute Gasteiger partial charge is 0.144 e. The second-order valence-corrected chi connectivity index (χ2v) is 5.12. The van der Waals surface area contributed by atoms with Crippen LogP contribution in [0.1, 0.15) is 39.4 Å². The molecule has 1 rings (SSSR count). The van der Waals surface area contributed by atoms with Gasteiger partial charge < -0.3 is 5.73 Å². The van der Waals surface area contributed by atoms with E-state index in [9.17, 15) is 4.79 Å². The van der Waals surface area contributed by atoms with Crippen molar-refractivity contribution in [3.8, 4) is 0 Å². The van der Waals surface area contributed by atoms with E-state index in [0.29, 0.717) is 18.9 Å². The molecule has 1 atom stereocenters. The molecule has 5 nitrogen and oxygen atoms in total. The fraction of sp³-hybridized carbons (Fsp3) is 0.769. The number of carbonyl (C=O) groups excluding carboxylic acids is 1. The summed E-state index contributed by atoms with van der Waals surface area (Å²) in [6, 6.07) is 0. The van der Waals surface area contributed by atoms with E-state index < -0.39 is 0 Å². The second kappa shape index (κ2) is 7.26. The van der Waals surface area contributed by atoms with Gasteiger partial charge in [0.25, 0.3) is 0 Å². The molecule has 0 saturated heterocycles. The zero-order valence-corrected chi connectivity index (χ0v) is 11.6. The lowest BCUT2D eigenvalue weighted by Crippen LogP contribution is -2.26. The van der Waals surface area contributed by atoms with Crippen LogP contribution >= 0.6 is 0 Å². The molecule has 0 amide bonds. The second-order valence-electron chi connectivity index (χ2n) is 5.12. The lowest BCUT2D eigenvalue weighted by Gasteiger charge is -2.13. The van der Waals surface area contributed by atoms with Gasteiger partial charge in [0.2, 0.25) is 0 Å². The Balaban J connectivity index is 2.66. The van der Waals surface area contributed by atoms with Crippen LogP contribution in [0.25, 0.3) is 0 Å². The average molecular weight is 252 g/mol. The van der Waals surface area contributed by atoms with Gasteiger partial charge in [-0.1, -0.05) is 27.2 Å². The fourth-order valence-electron chi connectivity index (χ4n) is 1.98. The number of nitrogens with two attached hydrogens (primary N) is 1. The largest absolute Gasteiger partial charge is 0.330 e. The highest BCUT2D eigenvalue weighted by atomic mass is 16.1. The quantitative estimate of drug-likeness (QED) is 0.759. The number of rotatable bonds is 8. The van der Waals surface area contributed by atoms with E-state index in [1.807, 2.05) is 4.68 Å². The maximum absolute atomic E-state index is 12.1. The monoisotopic (exact) mass is 252 g/mol. The minimum Gasteiger partial charge on any atom is -0.330 e. The molecule has 0 aliphatic carbocycles. The Hall–Kier alpha value is -1.23. The first-order valence-corrected chi connectivity index (χ1v) is 6.67. The molecule has 0 aliphatic heterocycles. The van der Waals surface area contributed by atoms with E-state index >= 15 is 0 Å². The van der Waals surface area contributed by atoms with Gasteiger partial charge in [0.05, 0.1) is 6.42 Å². The molecule has 0 fully saturated rings. The molecule has 0 spiro atoms. The zero-order chi connectivity index (χ0) is 13.5. The molecule has 1 aromatic heterocycles. The summed E-state index contributed by atoms with van der Waals surface area (Å²) in [6.45, 7) is 7.52. The summed E-state index contributed by atoms with van der Waals surface area (Å²) in [6.07, 6.45) is 3.69. The van der Waals surface area contributed by atoms with Gasteiger partial charge in [-0.05, 0) is 12.3 Å². The Labute approximate surface area is 109 Å². The van der Waals surface area contributed by atoms with E-state index in [1.165, 1.54) is 6.33 Å². The van der Waals surface area contributed by atoms with E-state index in [2.05, 4.69) is 30.9 Å². The lowest BCUT2D eigenvalue weighted by molar-refractivity contribution is -0.122. The topological polar surface area (TPSA) is 73.8 Å². The number of carbonyl (C=O) groups is 1. The maximum Gasteiger partial charge on any atom is 0.144 e. The third-order valence-electron chi connectivity index (χ3n) is 2.94. The minimum atomic E-state index is -0.0424. The van der Waals surface area contributed by atoms with Crippen molar-refractivity contribution in [3.05, 3.63) is 12.2 Å². The third-order valence-corrected chi connectivity index (χ3v) is 2.94. The van der Waals surface area contributed by atoms with Crippen LogP contribution in [-0.2, 0) is 17.8 Å². The number of ketones is 1. The summed E-state index contributed by atoms with van der Waals surface area (Å²) in [7, 11) is 0. The summed E-state index contributed by atoms with van der Waals surface area (Å²) >= 11 is 0. The summed E-state index contributed by atoms with van der Waals surface area (Å²) in [4.78, 5) is 16.3. The minimum absolute atomic E-state index is 0.0424. The van der Waals surface area contributed by atoms with Crippen LogP contribution in [0.3, 0.4) is 0 Å². The van der Waals surface area contributed by atoms with Crippen molar-refractivity contribution in [2.75, 3.05) is 6.54 Å². The fourth-order valence-corrected chi connectivity index (χ4v) is 1.98. The third kappa shape index (κ3) is 4.22. The van der Waals surface area contributed by atoms with Crippen LogP contribution in [0.2, 0.25) is 0 Å². The van der Waals surface area contributed by atoms with Gasteiger partial charge >= 0.3 is 0 Å². The standard InChI is InChI=1S/C13H24N4O/c1-4-5-11(7-14)12(18)6-13-15-9-16-17(13)8-10(2)3/h9-11H,4-8,14H2,1-3H3. The van der Waals surface area contributed by atoms with Crippen LogP contribution < -0.4 is 5.73 Å². The van der Waals surface area contributed by atoms with Crippen molar-refractivity contribution >= 4 is 5.78 Å². The molecule has 0 radical (unpaired) electrons.